The first-order chi connectivity index (χ1) is 11.7. The van der Waals surface area contributed by atoms with Gasteiger partial charge in [0, 0.05) is 42.6 Å². The molecule has 0 amide bonds. The van der Waals surface area contributed by atoms with Crippen LogP contribution < -0.4 is 5.32 Å². The van der Waals surface area contributed by atoms with E-state index in [-0.39, 0.29) is 6.04 Å². The molecule has 6 heteroatoms. The van der Waals surface area contributed by atoms with Gasteiger partial charge < -0.3 is 10.1 Å². The first kappa shape index (κ1) is 15.7. The summed E-state index contributed by atoms with van der Waals surface area (Å²) in [7, 11) is 0. The molecule has 2 aliphatic rings. The molecular formula is C18H21F2N3O. The molecule has 2 aromatic rings. The van der Waals surface area contributed by atoms with Crippen molar-refractivity contribution >= 4 is 0 Å². The predicted octanol–water partition coefficient (Wildman–Crippen LogP) is 3.30. The topological polar surface area (TPSA) is 39.1 Å². The number of hydrogen-bond acceptors (Lipinski definition) is 3. The normalized spacial score (nSPS) is 21.7. The molecule has 1 atom stereocenters. The van der Waals surface area contributed by atoms with E-state index in [0.29, 0.717) is 11.7 Å². The molecule has 1 aromatic heterocycles. The zero-order valence-electron chi connectivity index (χ0n) is 13.5. The number of fused-ring (bicyclic) bond motifs is 1. The number of aromatic nitrogens is 2. The van der Waals surface area contributed by atoms with Crippen LogP contribution in [0.2, 0.25) is 0 Å². The third-order valence-corrected chi connectivity index (χ3v) is 4.93. The van der Waals surface area contributed by atoms with Crippen LogP contribution in [-0.2, 0) is 11.2 Å². The summed E-state index contributed by atoms with van der Waals surface area (Å²) in [6.07, 6.45) is 6.86. The zero-order valence-corrected chi connectivity index (χ0v) is 13.5. The minimum absolute atomic E-state index is 0.254. The second kappa shape index (κ2) is 6.61. The maximum atomic E-state index is 13.5. The summed E-state index contributed by atoms with van der Waals surface area (Å²) in [6, 6.07) is 4.25. The number of rotatable bonds is 3. The van der Waals surface area contributed by atoms with E-state index in [0.717, 1.165) is 62.6 Å². The van der Waals surface area contributed by atoms with Gasteiger partial charge in [-0.2, -0.15) is 5.10 Å². The molecule has 0 unspecified atom stereocenters. The number of nitrogens with one attached hydrogen (secondary N) is 1. The Morgan fingerprint density at radius 3 is 2.58 bits per heavy atom. The predicted molar refractivity (Wildman–Crippen MR) is 86.1 cm³/mol. The van der Waals surface area contributed by atoms with E-state index in [9.17, 15) is 8.78 Å². The van der Waals surface area contributed by atoms with Gasteiger partial charge in [-0.3, -0.25) is 0 Å². The van der Waals surface area contributed by atoms with Crippen LogP contribution in [0.15, 0.2) is 24.4 Å². The van der Waals surface area contributed by atoms with Crippen LogP contribution in [0, 0.1) is 11.6 Å². The molecule has 1 N–H and O–H groups in total. The fraction of sp³-hybridized carbons (Fsp3) is 0.500. The number of hydrogen-bond donors (Lipinski definition) is 1. The van der Waals surface area contributed by atoms with Crippen molar-refractivity contribution in [3.8, 4) is 5.69 Å². The number of benzene rings is 1. The highest BCUT2D eigenvalue weighted by atomic mass is 19.1. The third kappa shape index (κ3) is 3.08. The first-order valence-electron chi connectivity index (χ1n) is 8.58. The quantitative estimate of drug-likeness (QED) is 0.937. The summed E-state index contributed by atoms with van der Waals surface area (Å²) in [5.74, 6) is -1.16. The Labute approximate surface area is 139 Å². The van der Waals surface area contributed by atoms with Gasteiger partial charge in [-0.25, -0.2) is 13.5 Å². The molecule has 4 nitrogen and oxygen atoms in total. The molecule has 1 aliphatic heterocycles. The fourth-order valence-electron chi connectivity index (χ4n) is 3.76. The molecule has 1 saturated heterocycles. The van der Waals surface area contributed by atoms with Gasteiger partial charge in [-0.05, 0) is 44.2 Å². The molecule has 1 aliphatic carbocycles. The minimum Gasteiger partial charge on any atom is -0.381 e. The van der Waals surface area contributed by atoms with Gasteiger partial charge in [0.1, 0.15) is 11.6 Å². The van der Waals surface area contributed by atoms with Crippen LogP contribution in [0.3, 0.4) is 0 Å². The Morgan fingerprint density at radius 2 is 1.83 bits per heavy atom. The van der Waals surface area contributed by atoms with E-state index in [1.807, 2.05) is 6.20 Å². The molecule has 24 heavy (non-hydrogen) atoms. The molecular weight excluding hydrogens is 312 g/mol. The van der Waals surface area contributed by atoms with Gasteiger partial charge >= 0.3 is 0 Å². The number of nitrogens with zero attached hydrogens (tertiary/aromatic N) is 2. The standard InChI is InChI=1S/C18H21F2N3O/c19-12-8-13(20)10-15(9-12)23-18-3-1-2-17(16(18)11-21-23)22-14-4-6-24-7-5-14/h8-11,14,17,22H,1-7H2/t17-/m0/s1. The highest BCUT2D eigenvalue weighted by Gasteiger charge is 2.27. The monoisotopic (exact) mass is 333 g/mol. The van der Waals surface area contributed by atoms with Gasteiger partial charge in [-0.15, -0.1) is 0 Å². The molecule has 0 spiro atoms. The number of ether oxygens (including phenoxy) is 1. The van der Waals surface area contributed by atoms with Crippen molar-refractivity contribution < 1.29 is 13.5 Å². The lowest BCUT2D eigenvalue weighted by atomic mass is 9.91. The summed E-state index contributed by atoms with van der Waals surface area (Å²) in [6.45, 7) is 1.61. The summed E-state index contributed by atoms with van der Waals surface area (Å²) in [5.41, 5.74) is 2.65. The van der Waals surface area contributed by atoms with Gasteiger partial charge in [0.15, 0.2) is 0 Å². The maximum Gasteiger partial charge on any atom is 0.128 e. The van der Waals surface area contributed by atoms with E-state index >= 15 is 0 Å². The summed E-state index contributed by atoms with van der Waals surface area (Å²) in [4.78, 5) is 0. The van der Waals surface area contributed by atoms with Crippen LogP contribution in [0.4, 0.5) is 8.78 Å². The van der Waals surface area contributed by atoms with E-state index in [1.165, 1.54) is 12.1 Å². The van der Waals surface area contributed by atoms with Gasteiger partial charge in [-0.1, -0.05) is 0 Å². The largest absolute Gasteiger partial charge is 0.381 e. The summed E-state index contributed by atoms with van der Waals surface area (Å²) in [5, 5.41) is 8.13. The van der Waals surface area contributed by atoms with Crippen molar-refractivity contribution in [2.45, 2.75) is 44.2 Å². The lowest BCUT2D eigenvalue weighted by molar-refractivity contribution is 0.0741. The van der Waals surface area contributed by atoms with Crippen molar-refractivity contribution in [1.29, 1.82) is 0 Å². The minimum atomic E-state index is -0.582. The molecule has 0 saturated carbocycles. The van der Waals surface area contributed by atoms with E-state index in [2.05, 4.69) is 10.4 Å². The van der Waals surface area contributed by atoms with Crippen LogP contribution in [0.25, 0.3) is 5.69 Å². The van der Waals surface area contributed by atoms with Gasteiger partial charge in [0.2, 0.25) is 0 Å². The van der Waals surface area contributed by atoms with Gasteiger partial charge in [0.05, 0.1) is 11.9 Å². The molecule has 0 bridgehead atoms. The number of halogens is 2. The van der Waals surface area contributed by atoms with Crippen molar-refractivity contribution in [3.63, 3.8) is 0 Å². The average molecular weight is 333 g/mol. The van der Waals surface area contributed by atoms with E-state index in [1.54, 1.807) is 4.68 Å². The fourth-order valence-corrected chi connectivity index (χ4v) is 3.76. The van der Waals surface area contributed by atoms with Crippen LogP contribution in [-0.4, -0.2) is 29.0 Å². The van der Waals surface area contributed by atoms with Crippen molar-refractivity contribution in [2.75, 3.05) is 13.2 Å². The molecule has 1 aromatic carbocycles. The highest BCUT2D eigenvalue weighted by molar-refractivity contribution is 5.38. The van der Waals surface area contributed by atoms with E-state index < -0.39 is 11.6 Å². The second-order valence-corrected chi connectivity index (χ2v) is 6.58. The van der Waals surface area contributed by atoms with Crippen LogP contribution in [0.1, 0.15) is 43.0 Å². The lowest BCUT2D eigenvalue weighted by Crippen LogP contribution is -2.38. The van der Waals surface area contributed by atoms with Crippen molar-refractivity contribution in [2.24, 2.45) is 0 Å². The van der Waals surface area contributed by atoms with E-state index in [4.69, 9.17) is 4.74 Å². The maximum absolute atomic E-state index is 13.5. The second-order valence-electron chi connectivity index (χ2n) is 6.58. The van der Waals surface area contributed by atoms with Crippen molar-refractivity contribution in [3.05, 3.63) is 47.3 Å². The first-order valence-corrected chi connectivity index (χ1v) is 8.58. The Morgan fingerprint density at radius 1 is 1.08 bits per heavy atom. The lowest BCUT2D eigenvalue weighted by Gasteiger charge is -2.31. The summed E-state index contributed by atoms with van der Waals surface area (Å²) >= 11 is 0. The molecule has 1 fully saturated rings. The van der Waals surface area contributed by atoms with Crippen LogP contribution in [0.5, 0.6) is 0 Å². The molecule has 0 radical (unpaired) electrons. The van der Waals surface area contributed by atoms with Crippen molar-refractivity contribution in [1.82, 2.24) is 15.1 Å². The average Bonchev–Trinajstić information content (AvgIpc) is 3.00. The molecule has 4 rings (SSSR count). The zero-order chi connectivity index (χ0) is 16.5. The smallest absolute Gasteiger partial charge is 0.128 e. The summed E-state index contributed by atoms with van der Waals surface area (Å²) < 4.78 is 34.2. The Bertz CT molecular complexity index is 705. The van der Waals surface area contributed by atoms with Crippen LogP contribution >= 0.6 is 0 Å². The highest BCUT2D eigenvalue weighted by Crippen LogP contribution is 2.32. The third-order valence-electron chi connectivity index (χ3n) is 4.93. The molecule has 128 valence electrons. The SMILES string of the molecule is Fc1cc(F)cc(-n2ncc3c2CCC[C@@H]3NC2CCOCC2)c1. The Kier molecular flexibility index (Phi) is 4.33. The molecule has 2 heterocycles. The Balaban J connectivity index is 1.61. The van der Waals surface area contributed by atoms with Gasteiger partial charge in [0.25, 0.3) is 0 Å². The Hall–Kier alpha value is -1.79.